The first kappa shape index (κ1) is 19.0. The minimum absolute atomic E-state index is 0.0367. The lowest BCUT2D eigenvalue weighted by Crippen LogP contribution is -2.52. The first-order chi connectivity index (χ1) is 13.5. The van der Waals surface area contributed by atoms with Gasteiger partial charge in [0.1, 0.15) is 5.75 Å². The Balaban J connectivity index is 1.50. The Morgan fingerprint density at radius 3 is 2.25 bits per heavy atom. The van der Waals surface area contributed by atoms with Crippen LogP contribution in [0, 0.1) is 0 Å². The molecule has 5 heteroatoms. The second kappa shape index (κ2) is 7.57. The van der Waals surface area contributed by atoms with E-state index in [4.69, 9.17) is 9.47 Å². The number of rotatable bonds is 5. The summed E-state index contributed by atoms with van der Waals surface area (Å²) in [7, 11) is 1.63. The quantitative estimate of drug-likeness (QED) is 0.835. The van der Waals surface area contributed by atoms with Crippen molar-refractivity contribution in [3.8, 4) is 5.75 Å². The largest absolute Gasteiger partial charge is 0.497 e. The molecule has 5 nitrogen and oxygen atoms in total. The molecule has 2 aromatic carbocycles. The molecule has 4 rings (SSSR count). The van der Waals surface area contributed by atoms with Crippen LogP contribution >= 0.6 is 0 Å². The van der Waals surface area contributed by atoms with Crippen molar-refractivity contribution in [2.75, 3.05) is 26.9 Å². The summed E-state index contributed by atoms with van der Waals surface area (Å²) in [6.07, 6.45) is 2.40. The van der Waals surface area contributed by atoms with Crippen molar-refractivity contribution >= 4 is 5.91 Å². The normalized spacial score (nSPS) is 19.6. The smallest absolute Gasteiger partial charge is 0.230 e. The molecule has 0 radical (unpaired) electrons. The standard InChI is InChI=1S/C23H27NO4/c1-27-20-8-6-19(7-9-20)23(10-12-28-13-11-23)21(25)24-16-22(26)14-17-4-2-3-5-18(17)15-22/h2-9,26H,10-16H2,1H3,(H,24,25). The Bertz CT molecular complexity index is 815. The van der Waals surface area contributed by atoms with Crippen molar-refractivity contribution in [3.63, 3.8) is 0 Å². The monoisotopic (exact) mass is 381 g/mol. The number of amides is 1. The summed E-state index contributed by atoms with van der Waals surface area (Å²) in [5.74, 6) is 0.731. The van der Waals surface area contributed by atoms with Gasteiger partial charge in [-0.15, -0.1) is 0 Å². The van der Waals surface area contributed by atoms with Crippen molar-refractivity contribution in [2.45, 2.75) is 36.7 Å². The highest BCUT2D eigenvalue weighted by Crippen LogP contribution is 2.36. The molecule has 1 heterocycles. The van der Waals surface area contributed by atoms with Crippen LogP contribution in [0.3, 0.4) is 0 Å². The number of hydrogen-bond acceptors (Lipinski definition) is 4. The number of methoxy groups -OCH3 is 1. The van der Waals surface area contributed by atoms with E-state index in [9.17, 15) is 9.90 Å². The van der Waals surface area contributed by atoms with Crippen molar-refractivity contribution in [1.82, 2.24) is 5.32 Å². The lowest BCUT2D eigenvalue weighted by atomic mass is 9.73. The first-order valence-electron chi connectivity index (χ1n) is 9.84. The number of nitrogens with one attached hydrogen (secondary N) is 1. The van der Waals surface area contributed by atoms with Crippen LogP contribution in [0.2, 0.25) is 0 Å². The molecule has 1 amide bonds. The van der Waals surface area contributed by atoms with Gasteiger partial charge in [-0.25, -0.2) is 0 Å². The Labute approximate surface area is 165 Å². The van der Waals surface area contributed by atoms with Gasteiger partial charge in [-0.2, -0.15) is 0 Å². The van der Waals surface area contributed by atoms with Crippen LogP contribution in [0.5, 0.6) is 5.75 Å². The highest BCUT2D eigenvalue weighted by molar-refractivity contribution is 5.88. The van der Waals surface area contributed by atoms with Crippen LogP contribution in [0.4, 0.5) is 0 Å². The molecule has 1 aliphatic heterocycles. The van der Waals surface area contributed by atoms with Gasteiger partial charge in [0.25, 0.3) is 0 Å². The summed E-state index contributed by atoms with van der Waals surface area (Å²) >= 11 is 0. The van der Waals surface area contributed by atoms with Crippen molar-refractivity contribution in [3.05, 3.63) is 65.2 Å². The Hall–Kier alpha value is -2.37. The number of ether oxygens (including phenoxy) is 2. The van der Waals surface area contributed by atoms with E-state index in [0.29, 0.717) is 38.9 Å². The molecule has 0 aromatic heterocycles. The maximum atomic E-state index is 13.3. The van der Waals surface area contributed by atoms with E-state index in [1.807, 2.05) is 48.5 Å². The third kappa shape index (κ3) is 3.52. The molecule has 0 bridgehead atoms. The maximum absolute atomic E-state index is 13.3. The van der Waals surface area contributed by atoms with E-state index < -0.39 is 11.0 Å². The topological polar surface area (TPSA) is 67.8 Å². The molecule has 2 aliphatic rings. The van der Waals surface area contributed by atoms with Crippen LogP contribution in [0.15, 0.2) is 48.5 Å². The average molecular weight is 381 g/mol. The summed E-state index contributed by atoms with van der Waals surface area (Å²) in [6.45, 7) is 1.35. The number of hydrogen-bond donors (Lipinski definition) is 2. The summed E-state index contributed by atoms with van der Waals surface area (Å²) < 4.78 is 10.8. The maximum Gasteiger partial charge on any atom is 0.230 e. The first-order valence-corrected chi connectivity index (χ1v) is 9.84. The molecule has 2 aromatic rings. The minimum Gasteiger partial charge on any atom is -0.497 e. The molecule has 1 fully saturated rings. The third-order valence-electron chi connectivity index (χ3n) is 6.16. The van der Waals surface area contributed by atoms with Gasteiger partial charge < -0.3 is 19.9 Å². The zero-order valence-electron chi connectivity index (χ0n) is 16.2. The van der Waals surface area contributed by atoms with Gasteiger partial charge in [0.2, 0.25) is 5.91 Å². The Kier molecular flexibility index (Phi) is 5.13. The zero-order chi connectivity index (χ0) is 19.6. The van der Waals surface area contributed by atoms with Crippen LogP contribution < -0.4 is 10.1 Å². The molecule has 2 N–H and O–H groups in total. The number of aliphatic hydroxyl groups is 1. The number of benzene rings is 2. The van der Waals surface area contributed by atoms with Gasteiger partial charge in [-0.3, -0.25) is 4.79 Å². The van der Waals surface area contributed by atoms with Gasteiger partial charge in [-0.1, -0.05) is 36.4 Å². The molecule has 0 unspecified atom stereocenters. The average Bonchev–Trinajstić information content (AvgIpc) is 3.09. The lowest BCUT2D eigenvalue weighted by molar-refractivity contribution is -0.131. The number of carbonyl (C=O) groups is 1. The van der Waals surface area contributed by atoms with Crippen molar-refractivity contribution < 1.29 is 19.4 Å². The summed E-state index contributed by atoms with van der Waals surface area (Å²) in [5.41, 5.74) is 1.74. The third-order valence-corrected chi connectivity index (χ3v) is 6.16. The summed E-state index contributed by atoms with van der Waals surface area (Å²) in [6, 6.07) is 15.8. The molecule has 28 heavy (non-hydrogen) atoms. The van der Waals surface area contributed by atoms with Gasteiger partial charge in [0.05, 0.1) is 18.1 Å². The molecule has 1 aliphatic carbocycles. The van der Waals surface area contributed by atoms with E-state index in [1.54, 1.807) is 7.11 Å². The molecule has 148 valence electrons. The predicted molar refractivity (Wildman–Crippen MR) is 107 cm³/mol. The molecule has 0 saturated carbocycles. The van der Waals surface area contributed by atoms with Crippen molar-refractivity contribution in [2.24, 2.45) is 0 Å². The van der Waals surface area contributed by atoms with E-state index in [-0.39, 0.29) is 12.5 Å². The van der Waals surface area contributed by atoms with Crippen LogP contribution in [-0.2, 0) is 27.8 Å². The SMILES string of the molecule is COc1ccc(C2(C(=O)NCC3(O)Cc4ccccc4C3)CCOCC2)cc1. The van der Waals surface area contributed by atoms with Gasteiger partial charge >= 0.3 is 0 Å². The van der Waals surface area contributed by atoms with Crippen LogP contribution in [0.25, 0.3) is 0 Å². The molecule has 1 saturated heterocycles. The molecule has 0 atom stereocenters. The van der Waals surface area contributed by atoms with E-state index in [0.717, 1.165) is 22.4 Å². The van der Waals surface area contributed by atoms with Crippen LogP contribution in [0.1, 0.15) is 29.5 Å². The second-order valence-corrected chi connectivity index (χ2v) is 7.95. The summed E-state index contributed by atoms with van der Waals surface area (Å²) in [4.78, 5) is 13.3. The lowest BCUT2D eigenvalue weighted by Gasteiger charge is -2.37. The van der Waals surface area contributed by atoms with E-state index in [2.05, 4.69) is 5.32 Å². The molecular weight excluding hydrogens is 354 g/mol. The van der Waals surface area contributed by atoms with Gasteiger partial charge in [0, 0.05) is 32.6 Å². The van der Waals surface area contributed by atoms with E-state index in [1.165, 1.54) is 0 Å². The number of fused-ring (bicyclic) bond motifs is 1. The summed E-state index contributed by atoms with van der Waals surface area (Å²) in [5, 5.41) is 14.1. The van der Waals surface area contributed by atoms with Crippen LogP contribution in [-0.4, -0.2) is 43.5 Å². The highest BCUT2D eigenvalue weighted by Gasteiger charge is 2.43. The zero-order valence-corrected chi connectivity index (χ0v) is 16.2. The predicted octanol–water partition coefficient (Wildman–Crippen LogP) is 2.39. The fraction of sp³-hybridized carbons (Fsp3) is 0.435. The van der Waals surface area contributed by atoms with Crippen molar-refractivity contribution in [1.29, 1.82) is 0 Å². The van der Waals surface area contributed by atoms with Gasteiger partial charge in [-0.05, 0) is 41.7 Å². The Morgan fingerprint density at radius 2 is 1.68 bits per heavy atom. The van der Waals surface area contributed by atoms with E-state index >= 15 is 0 Å². The fourth-order valence-electron chi connectivity index (χ4n) is 4.49. The fourth-order valence-corrected chi connectivity index (χ4v) is 4.49. The molecular formula is C23H27NO4. The minimum atomic E-state index is -0.925. The highest BCUT2D eigenvalue weighted by atomic mass is 16.5. The second-order valence-electron chi connectivity index (χ2n) is 7.95. The number of carbonyl (C=O) groups excluding carboxylic acids is 1. The van der Waals surface area contributed by atoms with Gasteiger partial charge in [0.15, 0.2) is 0 Å². The molecule has 0 spiro atoms. The Morgan fingerprint density at radius 1 is 1.07 bits per heavy atom.